The number of hydrogen-bond donors (Lipinski definition) is 0. The van der Waals surface area contributed by atoms with Crippen molar-refractivity contribution in [2.24, 2.45) is 0 Å². The molecule has 0 aliphatic carbocycles. The molecule has 0 saturated carbocycles. The van der Waals surface area contributed by atoms with Gasteiger partial charge in [-0.05, 0) is 12.1 Å². The van der Waals surface area contributed by atoms with Crippen LogP contribution < -0.4 is 4.90 Å². The van der Waals surface area contributed by atoms with E-state index in [-0.39, 0.29) is 41.6 Å². The molecule has 0 N–H and O–H groups in total. The van der Waals surface area contributed by atoms with Crippen molar-refractivity contribution in [1.82, 2.24) is 29.8 Å². The monoisotopic (exact) mass is 527 g/mol. The molecule has 2 saturated heterocycles. The number of nitrogens with zero attached hydrogens (tertiary/aromatic N) is 7. The molecule has 5 heterocycles. The largest absolute Gasteiger partial charge is 0.364 e. The van der Waals surface area contributed by atoms with Crippen molar-refractivity contribution in [3.8, 4) is 22.9 Å². The van der Waals surface area contributed by atoms with Gasteiger partial charge < -0.3 is 9.42 Å². The minimum absolute atomic E-state index is 0.141. The fraction of sp³-hybridized carbons (Fsp3) is 0.333. The normalized spacial score (nSPS) is 18.2. The van der Waals surface area contributed by atoms with Gasteiger partial charge in [-0.1, -0.05) is 23.4 Å². The van der Waals surface area contributed by atoms with E-state index in [4.69, 9.17) is 4.52 Å². The first kappa shape index (κ1) is 23.7. The minimum atomic E-state index is -2.96. The van der Waals surface area contributed by atoms with E-state index in [1.165, 1.54) is 12.3 Å². The van der Waals surface area contributed by atoms with Crippen molar-refractivity contribution in [2.45, 2.75) is 12.6 Å². The fourth-order valence-electron chi connectivity index (χ4n) is 4.64. The Morgan fingerprint density at radius 3 is 2.54 bits per heavy atom. The van der Waals surface area contributed by atoms with Gasteiger partial charge >= 0.3 is 0 Å². The second-order valence-corrected chi connectivity index (χ2v) is 11.5. The summed E-state index contributed by atoms with van der Waals surface area (Å²) in [6, 6.07) is 9.95. The molecule has 1 aromatic carbocycles. The Labute approximate surface area is 211 Å². The zero-order chi connectivity index (χ0) is 25.6. The van der Waals surface area contributed by atoms with E-state index in [2.05, 4.69) is 25.1 Å². The molecule has 10 nitrogen and oxygen atoms in total. The first-order valence-corrected chi connectivity index (χ1v) is 13.6. The van der Waals surface area contributed by atoms with E-state index >= 15 is 0 Å². The van der Waals surface area contributed by atoms with Crippen LogP contribution in [0.5, 0.6) is 0 Å². The van der Waals surface area contributed by atoms with Crippen molar-refractivity contribution in [2.75, 3.05) is 42.6 Å². The van der Waals surface area contributed by atoms with E-state index < -0.39 is 15.7 Å². The van der Waals surface area contributed by atoms with Crippen molar-refractivity contribution in [3.63, 3.8) is 0 Å². The van der Waals surface area contributed by atoms with Crippen LogP contribution in [0.4, 0.5) is 14.6 Å². The first-order valence-electron chi connectivity index (χ1n) is 11.8. The van der Waals surface area contributed by atoms with Crippen LogP contribution in [-0.2, 0) is 16.4 Å². The summed E-state index contributed by atoms with van der Waals surface area (Å²) in [5.41, 5.74) is 1.91. The van der Waals surface area contributed by atoms with Crippen LogP contribution in [0.25, 0.3) is 22.9 Å². The lowest BCUT2D eigenvalue weighted by Crippen LogP contribution is -2.62. The predicted octanol–water partition coefficient (Wildman–Crippen LogP) is 2.24. The molecule has 6 rings (SSSR count). The number of anilines is 1. The second kappa shape index (κ2) is 9.30. The minimum Gasteiger partial charge on any atom is -0.364 e. The highest BCUT2D eigenvalue weighted by Crippen LogP contribution is 2.29. The van der Waals surface area contributed by atoms with Gasteiger partial charge in [-0.3, -0.25) is 9.58 Å². The Morgan fingerprint density at radius 1 is 1.03 bits per heavy atom. The molecular formula is C24H23F2N7O3S. The van der Waals surface area contributed by atoms with Gasteiger partial charge in [0.05, 0.1) is 29.9 Å². The average molecular weight is 528 g/mol. The molecule has 4 aromatic rings. The van der Waals surface area contributed by atoms with Gasteiger partial charge in [0.2, 0.25) is 0 Å². The molecule has 0 radical (unpaired) electrons. The lowest BCUT2D eigenvalue weighted by atomic mass is 10.1. The lowest BCUT2D eigenvalue weighted by molar-refractivity contribution is 0.178. The Hall–Kier alpha value is -3.71. The summed E-state index contributed by atoms with van der Waals surface area (Å²) in [5.74, 6) is -0.216. The number of rotatable bonds is 6. The van der Waals surface area contributed by atoms with Crippen LogP contribution in [0.15, 0.2) is 53.4 Å². The third-order valence-electron chi connectivity index (χ3n) is 6.77. The van der Waals surface area contributed by atoms with Gasteiger partial charge in [-0.15, -0.1) is 0 Å². The molecule has 3 aromatic heterocycles. The van der Waals surface area contributed by atoms with Gasteiger partial charge in [0, 0.05) is 43.9 Å². The molecule has 0 unspecified atom stereocenters. The van der Waals surface area contributed by atoms with Gasteiger partial charge in [0.1, 0.15) is 23.5 Å². The number of hydrogen-bond acceptors (Lipinski definition) is 9. The first-order chi connectivity index (χ1) is 17.9. The highest BCUT2D eigenvalue weighted by atomic mass is 32.2. The van der Waals surface area contributed by atoms with E-state index in [1.807, 2.05) is 4.90 Å². The van der Waals surface area contributed by atoms with Crippen LogP contribution in [0.1, 0.15) is 5.56 Å². The van der Waals surface area contributed by atoms with Gasteiger partial charge in [-0.2, -0.15) is 5.10 Å². The molecule has 2 fully saturated rings. The number of halogens is 2. The second-order valence-electron chi connectivity index (χ2n) is 9.16. The van der Waals surface area contributed by atoms with Crippen molar-refractivity contribution < 1.29 is 21.7 Å². The maximum Gasteiger partial charge on any atom is 0.183 e. The molecule has 0 atom stereocenters. The molecule has 37 heavy (non-hydrogen) atoms. The predicted molar refractivity (Wildman–Crippen MR) is 130 cm³/mol. The Balaban J connectivity index is 1.25. The number of benzene rings is 1. The number of aromatic nitrogens is 5. The summed E-state index contributed by atoms with van der Waals surface area (Å²) in [5, 5.41) is 8.57. The van der Waals surface area contributed by atoms with Gasteiger partial charge in [-0.25, -0.2) is 27.2 Å². The third kappa shape index (κ3) is 4.71. The summed E-state index contributed by atoms with van der Waals surface area (Å²) < 4.78 is 59.0. The van der Waals surface area contributed by atoms with Crippen LogP contribution in [0.3, 0.4) is 0 Å². The molecule has 2 aliphatic rings. The van der Waals surface area contributed by atoms with Crippen molar-refractivity contribution in [3.05, 3.63) is 66.1 Å². The maximum absolute atomic E-state index is 14.7. The quantitative estimate of drug-likeness (QED) is 0.373. The van der Waals surface area contributed by atoms with Crippen LogP contribution in [0.2, 0.25) is 0 Å². The van der Waals surface area contributed by atoms with E-state index in [0.717, 1.165) is 6.20 Å². The zero-order valence-corrected chi connectivity index (χ0v) is 20.5. The zero-order valence-electron chi connectivity index (χ0n) is 19.7. The molecule has 2 aliphatic heterocycles. The summed E-state index contributed by atoms with van der Waals surface area (Å²) in [6.07, 6.45) is 2.55. The Morgan fingerprint density at radius 2 is 1.81 bits per heavy atom. The summed E-state index contributed by atoms with van der Waals surface area (Å²) in [6.45, 7) is 2.20. The van der Waals surface area contributed by atoms with E-state index in [1.54, 1.807) is 35.0 Å². The SMILES string of the molecule is O=S1(=O)CCN(C2CN(c3nc(-c4cc(-c5ccon5)n(Cc5ccccc5F)n4)ncc3F)C2)CC1. The third-order valence-corrected chi connectivity index (χ3v) is 8.38. The van der Waals surface area contributed by atoms with E-state index in [0.29, 0.717) is 48.8 Å². The lowest BCUT2D eigenvalue weighted by Gasteiger charge is -2.47. The average Bonchev–Trinajstić information content (AvgIpc) is 3.52. The van der Waals surface area contributed by atoms with Gasteiger partial charge in [0.15, 0.2) is 27.3 Å². The maximum atomic E-state index is 14.7. The van der Waals surface area contributed by atoms with Gasteiger partial charge in [0.25, 0.3) is 0 Å². The molecular weight excluding hydrogens is 504 g/mol. The van der Waals surface area contributed by atoms with Crippen molar-refractivity contribution >= 4 is 15.7 Å². The fourth-order valence-corrected chi connectivity index (χ4v) is 5.87. The molecule has 192 valence electrons. The summed E-state index contributed by atoms with van der Waals surface area (Å²) in [4.78, 5) is 12.6. The number of sulfone groups is 1. The van der Waals surface area contributed by atoms with Crippen molar-refractivity contribution in [1.29, 1.82) is 0 Å². The topological polar surface area (TPSA) is 110 Å². The molecule has 0 spiro atoms. The van der Waals surface area contributed by atoms with Crippen LogP contribution in [-0.4, -0.2) is 81.9 Å². The summed E-state index contributed by atoms with van der Waals surface area (Å²) in [7, 11) is -2.96. The van der Waals surface area contributed by atoms with E-state index in [9.17, 15) is 17.2 Å². The Bertz CT molecular complexity index is 1520. The highest BCUT2D eigenvalue weighted by Gasteiger charge is 2.37. The molecule has 0 bridgehead atoms. The standard InChI is InChI=1S/C24H23F2N7O3S/c25-18-4-2-1-3-16(18)13-33-22(20-5-8-36-30-20)11-21(29-33)23-27-12-19(26)24(28-23)32-14-17(15-32)31-6-9-37(34,35)10-7-31/h1-5,8,11-12,17H,6-7,9-10,13-15H2. The molecule has 13 heteroatoms. The molecule has 0 amide bonds. The summed E-state index contributed by atoms with van der Waals surface area (Å²) >= 11 is 0. The smallest absolute Gasteiger partial charge is 0.183 e. The van der Waals surface area contributed by atoms with Crippen LogP contribution in [0, 0.1) is 11.6 Å². The highest BCUT2D eigenvalue weighted by molar-refractivity contribution is 7.91. The van der Waals surface area contributed by atoms with Crippen LogP contribution >= 0.6 is 0 Å². The Kier molecular flexibility index (Phi) is 5.95.